The molecule has 2 heterocycles. The van der Waals surface area contributed by atoms with Crippen LogP contribution >= 0.6 is 11.6 Å². The normalized spacial score (nSPS) is 20.4. The lowest BCUT2D eigenvalue weighted by Crippen LogP contribution is -3.14. The number of nitrogens with one attached hydrogen (secondary N) is 3. The number of rotatable bonds is 4. The van der Waals surface area contributed by atoms with E-state index < -0.39 is 5.97 Å². The Morgan fingerprint density at radius 2 is 2.08 bits per heavy atom. The van der Waals surface area contributed by atoms with Crippen LogP contribution in [0.3, 0.4) is 0 Å². The van der Waals surface area contributed by atoms with Crippen molar-refractivity contribution in [2.24, 2.45) is 5.92 Å². The molecule has 0 spiro atoms. The van der Waals surface area contributed by atoms with Crippen molar-refractivity contribution in [3.63, 3.8) is 0 Å². The number of methoxy groups -OCH3 is 1. The molecular weight excluding hydrogens is 342 g/mol. The Labute approximate surface area is 151 Å². The Balaban J connectivity index is 1.84. The van der Waals surface area contributed by atoms with Gasteiger partial charge >= 0.3 is 5.97 Å². The number of hydrogen-bond acceptors (Lipinski definition) is 3. The lowest BCUT2D eigenvalue weighted by Gasteiger charge is -2.26. The molecule has 1 fully saturated rings. The predicted octanol–water partition coefficient (Wildman–Crippen LogP) is 1.86. The Kier molecular flexibility index (Phi) is 5.30. The molecule has 7 heteroatoms. The fourth-order valence-corrected chi connectivity index (χ4v) is 3.61. The maximum absolute atomic E-state index is 12.5. The van der Waals surface area contributed by atoms with Crippen molar-refractivity contribution in [1.29, 1.82) is 0 Å². The number of H-pyrrole nitrogens is 1. The van der Waals surface area contributed by atoms with Crippen LogP contribution in [-0.4, -0.2) is 43.6 Å². The minimum absolute atomic E-state index is 0.129. The summed E-state index contributed by atoms with van der Waals surface area (Å²) >= 11 is 6.29. The van der Waals surface area contributed by atoms with Gasteiger partial charge in [-0.15, -0.1) is 0 Å². The van der Waals surface area contributed by atoms with Crippen molar-refractivity contribution in [2.45, 2.75) is 19.8 Å². The van der Waals surface area contributed by atoms with Gasteiger partial charge in [-0.05, 0) is 30.9 Å². The number of ether oxygens (including phenoxy) is 1. The van der Waals surface area contributed by atoms with Crippen molar-refractivity contribution in [3.8, 4) is 0 Å². The fraction of sp³-hybridized carbons (Fsp3) is 0.444. The first-order chi connectivity index (χ1) is 12.0. The number of carbonyl (C=O) groups is 2. The van der Waals surface area contributed by atoms with Crippen LogP contribution in [0.5, 0.6) is 0 Å². The maximum atomic E-state index is 12.5. The maximum Gasteiger partial charge on any atom is 0.356 e. The number of piperidine rings is 1. The van der Waals surface area contributed by atoms with Crippen molar-refractivity contribution in [1.82, 2.24) is 4.98 Å². The molecule has 1 aromatic heterocycles. The molecule has 0 bridgehead atoms. The van der Waals surface area contributed by atoms with E-state index in [4.69, 9.17) is 16.3 Å². The summed E-state index contributed by atoms with van der Waals surface area (Å²) in [4.78, 5) is 28.9. The minimum atomic E-state index is -0.540. The molecule has 0 aliphatic carbocycles. The first-order valence-electron chi connectivity index (χ1n) is 8.51. The van der Waals surface area contributed by atoms with Crippen LogP contribution in [0.4, 0.5) is 5.69 Å². The van der Waals surface area contributed by atoms with Gasteiger partial charge in [-0.1, -0.05) is 24.6 Å². The van der Waals surface area contributed by atoms with Crippen molar-refractivity contribution in [3.05, 3.63) is 28.9 Å². The van der Waals surface area contributed by atoms with Crippen LogP contribution in [0.1, 0.15) is 30.3 Å². The first kappa shape index (κ1) is 17.8. The highest BCUT2D eigenvalue weighted by atomic mass is 35.5. The number of aromatic amines is 1. The van der Waals surface area contributed by atoms with Gasteiger partial charge in [0.15, 0.2) is 6.54 Å². The number of aromatic nitrogens is 1. The molecule has 1 aliphatic heterocycles. The van der Waals surface area contributed by atoms with Gasteiger partial charge < -0.3 is 19.9 Å². The molecular formula is C18H23ClN3O3+. The second-order valence-electron chi connectivity index (χ2n) is 6.69. The molecule has 134 valence electrons. The molecule has 1 amide bonds. The number of quaternary nitrogens is 1. The average Bonchev–Trinajstić information content (AvgIpc) is 2.96. The van der Waals surface area contributed by atoms with Crippen molar-refractivity contribution < 1.29 is 19.2 Å². The summed E-state index contributed by atoms with van der Waals surface area (Å²) in [5, 5.41) is 3.97. The quantitative estimate of drug-likeness (QED) is 0.725. The van der Waals surface area contributed by atoms with E-state index in [1.165, 1.54) is 12.0 Å². The fourth-order valence-electron chi connectivity index (χ4n) is 3.34. The Hall–Kier alpha value is -2.05. The Morgan fingerprint density at radius 3 is 2.76 bits per heavy atom. The standard InChI is InChI=1S/C18H22ClN3O3/c1-11-6-8-22(9-7-11)10-14(23)21-16-15-12(19)4-3-5-13(15)20-17(16)18(24)25-2/h3-5,11,20H,6-10H2,1-2H3,(H,21,23)/p+1. The lowest BCUT2D eigenvalue weighted by atomic mass is 9.99. The number of hydrogen-bond donors (Lipinski definition) is 3. The van der Waals surface area contributed by atoms with Crippen molar-refractivity contribution in [2.75, 3.05) is 32.1 Å². The van der Waals surface area contributed by atoms with Crippen LogP contribution in [0.15, 0.2) is 18.2 Å². The Morgan fingerprint density at radius 1 is 1.36 bits per heavy atom. The summed E-state index contributed by atoms with van der Waals surface area (Å²) < 4.78 is 4.82. The molecule has 25 heavy (non-hydrogen) atoms. The second-order valence-corrected chi connectivity index (χ2v) is 7.09. The predicted molar refractivity (Wildman–Crippen MR) is 97.2 cm³/mol. The number of likely N-dealkylation sites (tertiary alicyclic amines) is 1. The number of halogens is 1. The Bertz CT molecular complexity index is 794. The molecule has 6 nitrogen and oxygen atoms in total. The van der Waals surface area contributed by atoms with Gasteiger partial charge in [0.25, 0.3) is 5.91 Å². The van der Waals surface area contributed by atoms with Crippen molar-refractivity contribution >= 4 is 40.1 Å². The van der Waals surface area contributed by atoms with Gasteiger partial charge in [0, 0.05) is 10.9 Å². The van der Waals surface area contributed by atoms with Gasteiger partial charge in [-0.3, -0.25) is 4.79 Å². The molecule has 0 atom stereocenters. The highest BCUT2D eigenvalue weighted by molar-refractivity contribution is 6.37. The van der Waals surface area contributed by atoms with Gasteiger partial charge in [-0.2, -0.15) is 0 Å². The third kappa shape index (κ3) is 3.80. The summed E-state index contributed by atoms with van der Waals surface area (Å²) in [7, 11) is 1.31. The zero-order chi connectivity index (χ0) is 18.0. The zero-order valence-corrected chi connectivity index (χ0v) is 15.2. The number of fused-ring (bicyclic) bond motifs is 1. The van der Waals surface area contributed by atoms with E-state index >= 15 is 0 Å². The molecule has 2 aromatic rings. The van der Waals surface area contributed by atoms with Crippen LogP contribution in [0.25, 0.3) is 10.9 Å². The summed E-state index contributed by atoms with van der Waals surface area (Å²) in [5.74, 6) is 0.0578. The SMILES string of the molecule is COC(=O)c1[nH]c2cccc(Cl)c2c1NC(=O)C[NH+]1CCC(C)CC1. The molecule has 3 N–H and O–H groups in total. The largest absolute Gasteiger partial charge is 0.464 e. The van der Waals surface area contributed by atoms with Crippen LogP contribution < -0.4 is 10.2 Å². The van der Waals surface area contributed by atoms with Gasteiger partial charge in [-0.25, -0.2) is 4.79 Å². The van der Waals surface area contributed by atoms with E-state index in [9.17, 15) is 9.59 Å². The molecule has 0 radical (unpaired) electrons. The van der Waals surface area contributed by atoms with E-state index in [2.05, 4.69) is 17.2 Å². The molecule has 1 saturated heterocycles. The van der Waals surface area contributed by atoms with Gasteiger partial charge in [0.1, 0.15) is 5.69 Å². The third-order valence-corrected chi connectivity index (χ3v) is 5.13. The minimum Gasteiger partial charge on any atom is -0.464 e. The molecule has 1 aromatic carbocycles. The highest BCUT2D eigenvalue weighted by Gasteiger charge is 2.25. The third-order valence-electron chi connectivity index (χ3n) is 4.82. The first-order valence-corrected chi connectivity index (χ1v) is 8.89. The highest BCUT2D eigenvalue weighted by Crippen LogP contribution is 2.33. The summed E-state index contributed by atoms with van der Waals surface area (Å²) in [5.41, 5.74) is 1.28. The lowest BCUT2D eigenvalue weighted by molar-refractivity contribution is -0.897. The van der Waals surface area contributed by atoms with Crippen LogP contribution in [0, 0.1) is 5.92 Å². The van der Waals surface area contributed by atoms with Crippen LogP contribution in [0.2, 0.25) is 5.02 Å². The number of esters is 1. The average molecular weight is 365 g/mol. The van der Waals surface area contributed by atoms with Gasteiger partial charge in [0.05, 0.1) is 30.9 Å². The summed E-state index contributed by atoms with van der Waals surface area (Å²) in [6, 6.07) is 5.32. The van der Waals surface area contributed by atoms with E-state index in [0.29, 0.717) is 28.2 Å². The van der Waals surface area contributed by atoms with E-state index in [-0.39, 0.29) is 11.6 Å². The number of amides is 1. The number of carbonyl (C=O) groups excluding carboxylic acids is 2. The smallest absolute Gasteiger partial charge is 0.356 e. The zero-order valence-electron chi connectivity index (χ0n) is 14.4. The summed E-state index contributed by atoms with van der Waals surface area (Å²) in [6.07, 6.45) is 2.27. The number of benzene rings is 1. The molecule has 1 aliphatic rings. The number of anilines is 1. The van der Waals surface area contributed by atoms with E-state index in [1.54, 1.807) is 18.2 Å². The second kappa shape index (κ2) is 7.45. The topological polar surface area (TPSA) is 75.6 Å². The molecule has 0 saturated carbocycles. The van der Waals surface area contributed by atoms with Gasteiger partial charge in [0.2, 0.25) is 0 Å². The molecule has 3 rings (SSSR count). The summed E-state index contributed by atoms with van der Waals surface area (Å²) in [6.45, 7) is 4.61. The van der Waals surface area contributed by atoms with Crippen LogP contribution in [-0.2, 0) is 9.53 Å². The van der Waals surface area contributed by atoms with E-state index in [0.717, 1.165) is 31.8 Å². The monoisotopic (exact) mass is 364 g/mol. The van der Waals surface area contributed by atoms with E-state index in [1.807, 2.05) is 0 Å². The molecule has 0 unspecified atom stereocenters.